The van der Waals surface area contributed by atoms with Gasteiger partial charge in [-0.25, -0.2) is 0 Å². The van der Waals surface area contributed by atoms with Gasteiger partial charge in [0.2, 0.25) is 5.91 Å². The fraction of sp³-hybridized carbons (Fsp3) is 0.333. The number of nitrogens with zero attached hydrogens (tertiary/aromatic N) is 2. The molecule has 140 valence electrons. The van der Waals surface area contributed by atoms with Gasteiger partial charge in [0.15, 0.2) is 0 Å². The molecule has 3 rings (SSSR count). The van der Waals surface area contributed by atoms with Crippen molar-refractivity contribution in [3.8, 4) is 6.07 Å². The number of hydrogen-bond acceptors (Lipinski definition) is 3. The van der Waals surface area contributed by atoms with Crippen LogP contribution in [0.3, 0.4) is 0 Å². The quantitative estimate of drug-likeness (QED) is 0.773. The van der Waals surface area contributed by atoms with Crippen LogP contribution in [-0.2, 0) is 17.8 Å². The number of carbonyl (C=O) groups excluding carboxylic acids is 1. The van der Waals surface area contributed by atoms with Gasteiger partial charge in [-0.2, -0.15) is 5.26 Å². The Hall–Kier alpha value is -2.06. The molecule has 0 aromatic heterocycles. The van der Waals surface area contributed by atoms with E-state index >= 15 is 0 Å². The lowest BCUT2D eigenvalue weighted by Gasteiger charge is -2.32. The normalized spacial score (nSPS) is 17.3. The zero-order chi connectivity index (χ0) is 19.2. The number of amides is 1. The first kappa shape index (κ1) is 19.7. The van der Waals surface area contributed by atoms with Crippen molar-refractivity contribution in [2.24, 2.45) is 5.92 Å². The molecule has 1 aliphatic rings. The third-order valence-electron chi connectivity index (χ3n) is 4.82. The number of anilines is 1. The van der Waals surface area contributed by atoms with Crippen LogP contribution in [0.5, 0.6) is 0 Å². The van der Waals surface area contributed by atoms with E-state index in [1.807, 2.05) is 42.5 Å². The molecule has 1 atom stereocenters. The van der Waals surface area contributed by atoms with Gasteiger partial charge in [-0.15, -0.1) is 0 Å². The van der Waals surface area contributed by atoms with E-state index in [0.717, 1.165) is 36.2 Å². The van der Waals surface area contributed by atoms with E-state index in [1.54, 1.807) is 0 Å². The predicted octanol–water partition coefficient (Wildman–Crippen LogP) is 4.91. The second-order valence-corrected chi connectivity index (χ2v) is 7.61. The summed E-state index contributed by atoms with van der Waals surface area (Å²) in [4.78, 5) is 14.9. The maximum atomic E-state index is 12.7. The summed E-state index contributed by atoms with van der Waals surface area (Å²) in [6, 6.07) is 15.0. The number of halogens is 2. The van der Waals surface area contributed by atoms with Gasteiger partial charge in [-0.1, -0.05) is 41.4 Å². The molecule has 1 fully saturated rings. The zero-order valence-electron chi connectivity index (χ0n) is 14.9. The molecule has 2 aromatic rings. The van der Waals surface area contributed by atoms with Crippen molar-refractivity contribution >= 4 is 34.8 Å². The molecule has 1 amide bonds. The topological polar surface area (TPSA) is 56.1 Å². The SMILES string of the molecule is N#CCc1ccc(NC(=O)[C@@H]2CCCN(Cc3c(Cl)cccc3Cl)C2)cc1. The summed E-state index contributed by atoms with van der Waals surface area (Å²) in [5, 5.41) is 13.0. The molecule has 1 aliphatic heterocycles. The standard InChI is InChI=1S/C21H21Cl2N3O/c22-19-4-1-5-20(23)18(19)14-26-12-2-3-16(13-26)21(27)25-17-8-6-15(7-9-17)10-11-24/h1,4-9,16H,2-3,10,12-14H2,(H,25,27)/t16-/m1/s1. The lowest BCUT2D eigenvalue weighted by molar-refractivity contribution is -0.121. The van der Waals surface area contributed by atoms with Gasteiger partial charge in [0.25, 0.3) is 0 Å². The van der Waals surface area contributed by atoms with E-state index in [9.17, 15) is 4.79 Å². The van der Waals surface area contributed by atoms with Crippen molar-refractivity contribution in [2.45, 2.75) is 25.8 Å². The van der Waals surface area contributed by atoms with Crippen LogP contribution in [0.1, 0.15) is 24.0 Å². The maximum Gasteiger partial charge on any atom is 0.228 e. The molecular weight excluding hydrogens is 381 g/mol. The van der Waals surface area contributed by atoms with E-state index in [1.165, 1.54) is 0 Å². The average molecular weight is 402 g/mol. The Kier molecular flexibility index (Phi) is 6.73. The monoisotopic (exact) mass is 401 g/mol. The van der Waals surface area contributed by atoms with Crippen LogP contribution in [0.2, 0.25) is 10.0 Å². The number of nitrogens with one attached hydrogen (secondary N) is 1. The number of likely N-dealkylation sites (tertiary alicyclic amines) is 1. The highest BCUT2D eigenvalue weighted by Gasteiger charge is 2.26. The second kappa shape index (κ2) is 9.23. The molecule has 4 nitrogen and oxygen atoms in total. The van der Waals surface area contributed by atoms with E-state index in [-0.39, 0.29) is 11.8 Å². The largest absolute Gasteiger partial charge is 0.326 e. The molecule has 1 saturated heterocycles. The van der Waals surface area contributed by atoms with Crippen molar-refractivity contribution in [3.63, 3.8) is 0 Å². The maximum absolute atomic E-state index is 12.7. The Labute approximate surface area is 169 Å². The van der Waals surface area contributed by atoms with Crippen molar-refractivity contribution in [3.05, 3.63) is 63.6 Å². The summed E-state index contributed by atoms with van der Waals surface area (Å²) in [6.45, 7) is 2.25. The van der Waals surface area contributed by atoms with Crippen LogP contribution >= 0.6 is 23.2 Å². The highest BCUT2D eigenvalue weighted by Crippen LogP contribution is 2.28. The van der Waals surface area contributed by atoms with Crippen LogP contribution in [0, 0.1) is 17.2 Å². The van der Waals surface area contributed by atoms with Crippen LogP contribution in [0.4, 0.5) is 5.69 Å². The molecule has 2 aromatic carbocycles. The predicted molar refractivity (Wildman–Crippen MR) is 109 cm³/mol. The van der Waals surface area contributed by atoms with Gasteiger partial charge in [0.1, 0.15) is 0 Å². The second-order valence-electron chi connectivity index (χ2n) is 6.80. The van der Waals surface area contributed by atoms with Crippen molar-refractivity contribution in [1.82, 2.24) is 4.90 Å². The molecule has 0 saturated carbocycles. The third-order valence-corrected chi connectivity index (χ3v) is 5.53. The molecule has 0 bridgehead atoms. The summed E-state index contributed by atoms with van der Waals surface area (Å²) in [6.07, 6.45) is 2.20. The number of carbonyl (C=O) groups is 1. The summed E-state index contributed by atoms with van der Waals surface area (Å²) in [7, 11) is 0. The van der Waals surface area contributed by atoms with Gasteiger partial charge in [0, 0.05) is 34.4 Å². The highest BCUT2D eigenvalue weighted by molar-refractivity contribution is 6.35. The van der Waals surface area contributed by atoms with Crippen LogP contribution in [0.25, 0.3) is 0 Å². The Bertz CT molecular complexity index is 825. The smallest absolute Gasteiger partial charge is 0.228 e. The summed E-state index contributed by atoms with van der Waals surface area (Å²) in [5.41, 5.74) is 2.61. The van der Waals surface area contributed by atoms with Crippen molar-refractivity contribution < 1.29 is 4.79 Å². The molecule has 0 aliphatic carbocycles. The van der Waals surface area contributed by atoms with Gasteiger partial charge >= 0.3 is 0 Å². The highest BCUT2D eigenvalue weighted by atomic mass is 35.5. The molecule has 1 heterocycles. The minimum absolute atomic E-state index is 0.0259. The Morgan fingerprint density at radius 2 is 1.89 bits per heavy atom. The zero-order valence-corrected chi connectivity index (χ0v) is 16.4. The Balaban J connectivity index is 1.60. The molecule has 6 heteroatoms. The summed E-state index contributed by atoms with van der Waals surface area (Å²) in [5.74, 6) is -0.0446. The fourth-order valence-electron chi connectivity index (χ4n) is 3.36. The average Bonchev–Trinajstić information content (AvgIpc) is 2.67. The number of benzene rings is 2. The van der Waals surface area contributed by atoms with Crippen LogP contribution in [0.15, 0.2) is 42.5 Å². The molecular formula is C21H21Cl2N3O. The lowest BCUT2D eigenvalue weighted by Crippen LogP contribution is -2.40. The number of hydrogen-bond donors (Lipinski definition) is 1. The molecule has 0 radical (unpaired) electrons. The van der Waals surface area contributed by atoms with Gasteiger partial charge in [-0.05, 0) is 49.2 Å². The molecule has 1 N–H and O–H groups in total. The third kappa shape index (κ3) is 5.23. The van der Waals surface area contributed by atoms with Gasteiger partial charge in [-0.3, -0.25) is 9.69 Å². The van der Waals surface area contributed by atoms with Gasteiger partial charge < -0.3 is 5.32 Å². The lowest BCUT2D eigenvalue weighted by atomic mass is 9.96. The van der Waals surface area contributed by atoms with E-state index < -0.39 is 0 Å². The van der Waals surface area contributed by atoms with E-state index in [0.29, 0.717) is 29.6 Å². The molecule has 0 unspecified atom stereocenters. The minimum Gasteiger partial charge on any atom is -0.326 e. The molecule has 27 heavy (non-hydrogen) atoms. The first-order chi connectivity index (χ1) is 13.1. The van der Waals surface area contributed by atoms with Crippen LogP contribution < -0.4 is 5.32 Å². The molecule has 0 spiro atoms. The van der Waals surface area contributed by atoms with Crippen molar-refractivity contribution in [1.29, 1.82) is 5.26 Å². The minimum atomic E-state index is -0.0706. The number of nitriles is 1. The number of rotatable bonds is 5. The number of piperidine rings is 1. The first-order valence-corrected chi connectivity index (χ1v) is 9.74. The Morgan fingerprint density at radius 3 is 2.56 bits per heavy atom. The Morgan fingerprint density at radius 1 is 1.19 bits per heavy atom. The van der Waals surface area contributed by atoms with Gasteiger partial charge in [0.05, 0.1) is 18.4 Å². The van der Waals surface area contributed by atoms with Crippen molar-refractivity contribution in [2.75, 3.05) is 18.4 Å². The fourth-order valence-corrected chi connectivity index (χ4v) is 3.88. The van der Waals surface area contributed by atoms with E-state index in [4.69, 9.17) is 28.5 Å². The summed E-state index contributed by atoms with van der Waals surface area (Å²) >= 11 is 12.6. The van der Waals surface area contributed by atoms with Crippen LogP contribution in [-0.4, -0.2) is 23.9 Å². The summed E-state index contributed by atoms with van der Waals surface area (Å²) < 4.78 is 0. The first-order valence-electron chi connectivity index (χ1n) is 8.99. The van der Waals surface area contributed by atoms with E-state index in [2.05, 4.69) is 16.3 Å².